The van der Waals surface area contributed by atoms with E-state index in [0.29, 0.717) is 23.0 Å². The van der Waals surface area contributed by atoms with Crippen molar-refractivity contribution in [1.82, 2.24) is 10.2 Å². The third-order valence-corrected chi connectivity index (χ3v) is 3.74. The zero-order valence-electron chi connectivity index (χ0n) is 13.7. The van der Waals surface area contributed by atoms with E-state index in [-0.39, 0.29) is 12.5 Å². The largest absolute Gasteiger partial charge is 0.454 e. The van der Waals surface area contributed by atoms with Crippen LogP contribution in [0.3, 0.4) is 0 Å². The summed E-state index contributed by atoms with van der Waals surface area (Å²) in [5.74, 6) is -0.895. The van der Waals surface area contributed by atoms with E-state index < -0.39 is 23.2 Å². The number of rotatable bonds is 4. The second kappa shape index (κ2) is 6.87. The number of benzene rings is 2. The van der Waals surface area contributed by atoms with Gasteiger partial charge in [0.1, 0.15) is 17.3 Å². The monoisotopic (exact) mass is 370 g/mol. The number of amides is 1. The second-order valence-corrected chi connectivity index (χ2v) is 5.55. The Hall–Kier alpha value is -3.75. The molecule has 136 valence electrons. The zero-order chi connectivity index (χ0) is 18.8. The van der Waals surface area contributed by atoms with E-state index in [1.54, 1.807) is 18.2 Å². The van der Waals surface area contributed by atoms with E-state index in [1.165, 1.54) is 18.2 Å². The van der Waals surface area contributed by atoms with Crippen molar-refractivity contribution in [2.75, 3.05) is 17.4 Å². The minimum atomic E-state index is -0.877. The molecular formula is C18H12F2N4O3. The van der Waals surface area contributed by atoms with Crippen LogP contribution in [-0.2, 0) is 0 Å². The Morgan fingerprint density at radius 1 is 0.963 bits per heavy atom. The van der Waals surface area contributed by atoms with Gasteiger partial charge < -0.3 is 20.1 Å². The number of para-hydroxylation sites is 1. The number of hydrogen-bond acceptors (Lipinski definition) is 6. The van der Waals surface area contributed by atoms with Crippen LogP contribution in [-0.4, -0.2) is 22.9 Å². The van der Waals surface area contributed by atoms with Crippen molar-refractivity contribution in [3.05, 3.63) is 65.9 Å². The lowest BCUT2D eigenvalue weighted by atomic mass is 10.2. The Labute approximate surface area is 151 Å². The van der Waals surface area contributed by atoms with Crippen LogP contribution in [0.4, 0.5) is 26.0 Å². The van der Waals surface area contributed by atoms with Crippen LogP contribution in [0.1, 0.15) is 10.5 Å². The summed E-state index contributed by atoms with van der Waals surface area (Å²) in [5.41, 5.74) is 0.0694. The molecule has 0 unspecified atom stereocenters. The van der Waals surface area contributed by atoms with Gasteiger partial charge in [0, 0.05) is 11.8 Å². The summed E-state index contributed by atoms with van der Waals surface area (Å²) in [4.78, 5) is 12.1. The standard InChI is InChI=1S/C18H12F2N4O3/c19-11-2-1-3-12(20)17(11)22-18(25)13-5-7-16(24-23-13)21-10-4-6-14-15(8-10)27-9-26-14/h1-8H,9H2,(H,21,24)(H,22,25). The zero-order valence-corrected chi connectivity index (χ0v) is 13.7. The average molecular weight is 370 g/mol. The van der Waals surface area contributed by atoms with Crippen molar-refractivity contribution in [1.29, 1.82) is 0 Å². The minimum absolute atomic E-state index is 0.0890. The van der Waals surface area contributed by atoms with E-state index in [9.17, 15) is 13.6 Å². The van der Waals surface area contributed by atoms with Gasteiger partial charge in [-0.05, 0) is 36.4 Å². The lowest BCUT2D eigenvalue weighted by molar-refractivity contribution is 0.102. The third kappa shape index (κ3) is 3.47. The van der Waals surface area contributed by atoms with Crippen LogP contribution >= 0.6 is 0 Å². The predicted octanol–water partition coefficient (Wildman–Crippen LogP) is 3.48. The highest BCUT2D eigenvalue weighted by atomic mass is 19.1. The molecule has 0 radical (unpaired) electrons. The number of hydrogen-bond donors (Lipinski definition) is 2. The summed E-state index contributed by atoms with van der Waals surface area (Å²) >= 11 is 0. The van der Waals surface area contributed by atoms with Crippen LogP contribution < -0.4 is 20.1 Å². The first-order valence-electron chi connectivity index (χ1n) is 7.86. The molecule has 9 heteroatoms. The molecule has 0 saturated carbocycles. The first kappa shape index (κ1) is 16.7. The van der Waals surface area contributed by atoms with Gasteiger partial charge >= 0.3 is 0 Å². The lowest BCUT2D eigenvalue weighted by Crippen LogP contribution is -2.16. The van der Waals surface area contributed by atoms with Crippen LogP contribution in [0.15, 0.2) is 48.5 Å². The molecule has 0 bridgehead atoms. The normalized spacial score (nSPS) is 11.9. The number of nitrogens with zero attached hydrogens (tertiary/aromatic N) is 2. The van der Waals surface area contributed by atoms with Crippen molar-refractivity contribution in [2.45, 2.75) is 0 Å². The summed E-state index contributed by atoms with van der Waals surface area (Å²) in [6, 6.07) is 11.5. The highest BCUT2D eigenvalue weighted by Crippen LogP contribution is 2.34. The molecule has 2 N–H and O–H groups in total. The SMILES string of the molecule is O=C(Nc1c(F)cccc1F)c1ccc(Nc2ccc3c(c2)OCO3)nn1. The Morgan fingerprint density at radius 3 is 2.48 bits per heavy atom. The number of nitrogens with one attached hydrogen (secondary N) is 2. The first-order chi connectivity index (χ1) is 13.1. The molecule has 0 spiro atoms. The fourth-order valence-electron chi connectivity index (χ4n) is 2.44. The van der Waals surface area contributed by atoms with Gasteiger partial charge in [0.25, 0.3) is 5.91 Å². The van der Waals surface area contributed by atoms with E-state index >= 15 is 0 Å². The van der Waals surface area contributed by atoms with Gasteiger partial charge in [0.2, 0.25) is 6.79 Å². The second-order valence-electron chi connectivity index (χ2n) is 5.55. The van der Waals surface area contributed by atoms with Crippen molar-refractivity contribution < 1.29 is 23.0 Å². The molecule has 4 rings (SSSR count). The molecule has 7 nitrogen and oxygen atoms in total. The first-order valence-corrected chi connectivity index (χ1v) is 7.86. The van der Waals surface area contributed by atoms with Crippen LogP contribution in [0.5, 0.6) is 11.5 Å². The van der Waals surface area contributed by atoms with Gasteiger partial charge in [-0.3, -0.25) is 4.79 Å². The summed E-state index contributed by atoms with van der Waals surface area (Å²) in [6.07, 6.45) is 0. The maximum absolute atomic E-state index is 13.6. The van der Waals surface area contributed by atoms with Gasteiger partial charge in [-0.1, -0.05) is 6.07 Å². The summed E-state index contributed by atoms with van der Waals surface area (Å²) < 4.78 is 37.7. The molecule has 0 aliphatic carbocycles. The lowest BCUT2D eigenvalue weighted by Gasteiger charge is -2.08. The van der Waals surface area contributed by atoms with Crippen LogP contribution in [0.2, 0.25) is 0 Å². The summed E-state index contributed by atoms with van der Waals surface area (Å²) in [6.45, 7) is 0.172. The van der Waals surface area contributed by atoms with Gasteiger partial charge in [-0.25, -0.2) is 8.78 Å². The minimum Gasteiger partial charge on any atom is -0.454 e. The maximum atomic E-state index is 13.6. The van der Waals surface area contributed by atoms with E-state index in [1.807, 2.05) is 0 Å². The number of carbonyl (C=O) groups is 1. The molecule has 1 amide bonds. The average Bonchev–Trinajstić information content (AvgIpc) is 3.13. The molecule has 1 aliphatic rings. The number of aromatic nitrogens is 2. The molecule has 0 fully saturated rings. The Balaban J connectivity index is 1.46. The van der Waals surface area contributed by atoms with Gasteiger partial charge in [0.05, 0.1) is 0 Å². The van der Waals surface area contributed by atoms with Crippen LogP contribution in [0.25, 0.3) is 0 Å². The van der Waals surface area contributed by atoms with Gasteiger partial charge in [-0.15, -0.1) is 10.2 Å². The topological polar surface area (TPSA) is 85.4 Å². The van der Waals surface area contributed by atoms with E-state index in [0.717, 1.165) is 12.1 Å². The maximum Gasteiger partial charge on any atom is 0.276 e. The number of fused-ring (bicyclic) bond motifs is 1. The smallest absolute Gasteiger partial charge is 0.276 e. The Morgan fingerprint density at radius 2 is 1.74 bits per heavy atom. The molecule has 27 heavy (non-hydrogen) atoms. The molecule has 2 aromatic carbocycles. The van der Waals surface area contributed by atoms with E-state index in [4.69, 9.17) is 9.47 Å². The number of halogens is 2. The molecule has 0 saturated heterocycles. The quantitative estimate of drug-likeness (QED) is 0.731. The van der Waals surface area contributed by atoms with Crippen molar-refractivity contribution in [2.24, 2.45) is 0 Å². The van der Waals surface area contributed by atoms with Crippen molar-refractivity contribution >= 4 is 23.1 Å². The van der Waals surface area contributed by atoms with Gasteiger partial charge in [0.15, 0.2) is 23.0 Å². The van der Waals surface area contributed by atoms with Crippen LogP contribution in [0, 0.1) is 11.6 Å². The fraction of sp³-hybridized carbons (Fsp3) is 0.0556. The van der Waals surface area contributed by atoms with Crippen molar-refractivity contribution in [3.8, 4) is 11.5 Å². The highest BCUT2D eigenvalue weighted by Gasteiger charge is 2.16. The molecule has 1 aromatic heterocycles. The Bertz CT molecular complexity index is 992. The summed E-state index contributed by atoms with van der Waals surface area (Å²) in [5, 5.41) is 12.8. The Kier molecular flexibility index (Phi) is 4.25. The number of ether oxygens (including phenoxy) is 2. The number of carbonyl (C=O) groups excluding carboxylic acids is 1. The molecule has 3 aromatic rings. The predicted molar refractivity (Wildman–Crippen MR) is 92.2 cm³/mol. The van der Waals surface area contributed by atoms with Gasteiger partial charge in [-0.2, -0.15) is 0 Å². The summed E-state index contributed by atoms with van der Waals surface area (Å²) in [7, 11) is 0. The molecule has 2 heterocycles. The van der Waals surface area contributed by atoms with E-state index in [2.05, 4.69) is 20.8 Å². The molecule has 1 aliphatic heterocycles. The highest BCUT2D eigenvalue weighted by molar-refractivity contribution is 6.02. The molecular weight excluding hydrogens is 358 g/mol. The number of anilines is 3. The van der Waals surface area contributed by atoms with Crippen molar-refractivity contribution in [3.63, 3.8) is 0 Å². The third-order valence-electron chi connectivity index (χ3n) is 3.74. The fourth-order valence-corrected chi connectivity index (χ4v) is 2.44. The molecule has 0 atom stereocenters.